The summed E-state index contributed by atoms with van der Waals surface area (Å²) in [5.41, 5.74) is 1.03. The second kappa shape index (κ2) is 4.98. The Bertz CT molecular complexity index is 511. The van der Waals surface area contributed by atoms with Crippen molar-refractivity contribution in [2.24, 2.45) is 11.3 Å². The van der Waals surface area contributed by atoms with Crippen LogP contribution in [0.3, 0.4) is 0 Å². The summed E-state index contributed by atoms with van der Waals surface area (Å²) >= 11 is 3.39. The van der Waals surface area contributed by atoms with Crippen LogP contribution < -0.4 is 5.32 Å². The highest BCUT2D eigenvalue weighted by Crippen LogP contribution is 2.59. The second-order valence-electron chi connectivity index (χ2n) is 5.75. The molecule has 0 bridgehead atoms. The van der Waals surface area contributed by atoms with Gasteiger partial charge in [-0.25, -0.2) is 4.39 Å². The highest BCUT2D eigenvalue weighted by molar-refractivity contribution is 9.10. The number of carbonyl (C=O) groups excluding carboxylic acids is 1. The lowest BCUT2D eigenvalue weighted by Crippen LogP contribution is -2.31. The molecule has 1 N–H and O–H groups in total. The first-order chi connectivity index (χ1) is 9.11. The van der Waals surface area contributed by atoms with Gasteiger partial charge >= 0.3 is 0 Å². The molecule has 1 unspecified atom stereocenters. The van der Waals surface area contributed by atoms with Gasteiger partial charge in [-0.2, -0.15) is 0 Å². The Kier molecular flexibility index (Phi) is 3.48. The Balaban J connectivity index is 1.68. The first kappa shape index (κ1) is 13.3. The third-order valence-corrected chi connectivity index (χ3v) is 5.32. The van der Waals surface area contributed by atoms with Crippen molar-refractivity contribution in [3.8, 4) is 0 Å². The van der Waals surface area contributed by atoms with E-state index >= 15 is 0 Å². The van der Waals surface area contributed by atoms with Gasteiger partial charge in [0.25, 0.3) is 0 Å². The standard InChI is InChI=1S/C15H17BrFNO/c16-13-2-1-11(17)7-10(13)8-14(19)12-9-15(12)3-5-18-6-4-15/h1-2,7,12,18H,3-6,8-9H2. The minimum atomic E-state index is -0.279. The molecule has 1 spiro atoms. The van der Waals surface area contributed by atoms with Gasteiger partial charge in [0.1, 0.15) is 11.6 Å². The highest BCUT2D eigenvalue weighted by Gasteiger charge is 2.56. The van der Waals surface area contributed by atoms with E-state index in [1.807, 2.05) is 0 Å². The molecule has 0 amide bonds. The van der Waals surface area contributed by atoms with E-state index in [4.69, 9.17) is 0 Å². The summed E-state index contributed by atoms with van der Waals surface area (Å²) in [5, 5.41) is 3.34. The monoisotopic (exact) mass is 325 g/mol. The Hall–Kier alpha value is -0.740. The van der Waals surface area contributed by atoms with Crippen LogP contribution in [0.25, 0.3) is 0 Å². The molecule has 4 heteroatoms. The highest BCUT2D eigenvalue weighted by atomic mass is 79.9. The first-order valence-corrected chi connectivity index (χ1v) is 7.57. The van der Waals surface area contributed by atoms with Crippen LogP contribution in [0.5, 0.6) is 0 Å². The molecule has 1 heterocycles. The van der Waals surface area contributed by atoms with Crippen LogP contribution in [0, 0.1) is 17.2 Å². The van der Waals surface area contributed by atoms with Crippen molar-refractivity contribution in [2.75, 3.05) is 13.1 Å². The molecule has 0 radical (unpaired) electrons. The zero-order valence-electron chi connectivity index (χ0n) is 10.7. The van der Waals surface area contributed by atoms with Crippen LogP contribution in [0.4, 0.5) is 4.39 Å². The largest absolute Gasteiger partial charge is 0.317 e. The van der Waals surface area contributed by atoms with Crippen LogP contribution in [-0.4, -0.2) is 18.9 Å². The quantitative estimate of drug-likeness (QED) is 0.925. The van der Waals surface area contributed by atoms with E-state index in [1.54, 1.807) is 6.07 Å². The van der Waals surface area contributed by atoms with Crippen molar-refractivity contribution < 1.29 is 9.18 Å². The first-order valence-electron chi connectivity index (χ1n) is 6.78. The SMILES string of the molecule is O=C(Cc1cc(F)ccc1Br)C1CC12CCNCC2. The minimum Gasteiger partial charge on any atom is -0.317 e. The lowest BCUT2D eigenvalue weighted by atomic mass is 9.89. The molecule has 1 saturated heterocycles. The summed E-state index contributed by atoms with van der Waals surface area (Å²) in [7, 11) is 0. The molecule has 2 aliphatic rings. The number of hydrogen-bond acceptors (Lipinski definition) is 2. The van der Waals surface area contributed by atoms with Gasteiger partial charge in [0.05, 0.1) is 0 Å². The number of rotatable bonds is 3. The number of benzene rings is 1. The van der Waals surface area contributed by atoms with Crippen molar-refractivity contribution in [3.63, 3.8) is 0 Å². The van der Waals surface area contributed by atoms with Crippen molar-refractivity contribution in [2.45, 2.75) is 25.7 Å². The number of Topliss-reactive ketones (excluding diaryl/α,β-unsaturated/α-hetero) is 1. The van der Waals surface area contributed by atoms with Crippen LogP contribution in [-0.2, 0) is 11.2 Å². The van der Waals surface area contributed by atoms with E-state index in [1.165, 1.54) is 12.1 Å². The van der Waals surface area contributed by atoms with Gasteiger partial charge in [-0.1, -0.05) is 15.9 Å². The zero-order valence-corrected chi connectivity index (χ0v) is 12.3. The molecule has 19 heavy (non-hydrogen) atoms. The molecule has 2 fully saturated rings. The summed E-state index contributed by atoms with van der Waals surface area (Å²) in [6.45, 7) is 2.04. The predicted octanol–water partition coefficient (Wildman–Crippen LogP) is 3.09. The maximum atomic E-state index is 13.2. The normalized spacial score (nSPS) is 24.4. The van der Waals surface area contributed by atoms with Gasteiger partial charge < -0.3 is 5.32 Å². The smallest absolute Gasteiger partial charge is 0.140 e. The van der Waals surface area contributed by atoms with Crippen molar-refractivity contribution in [1.29, 1.82) is 0 Å². The molecule has 0 aromatic heterocycles. The molecule has 1 aliphatic heterocycles. The Labute approximate surface area is 120 Å². The van der Waals surface area contributed by atoms with Crippen molar-refractivity contribution >= 4 is 21.7 Å². The summed E-state index contributed by atoms with van der Waals surface area (Å²) in [4.78, 5) is 12.3. The van der Waals surface area contributed by atoms with Gasteiger partial charge in [-0.3, -0.25) is 4.79 Å². The van der Waals surface area contributed by atoms with E-state index in [0.717, 1.165) is 42.4 Å². The van der Waals surface area contributed by atoms with E-state index in [-0.39, 0.29) is 22.9 Å². The fourth-order valence-electron chi connectivity index (χ4n) is 3.27. The molecule has 1 aromatic carbocycles. The Morgan fingerprint density at radius 2 is 2.16 bits per heavy atom. The molecular weight excluding hydrogens is 309 g/mol. The van der Waals surface area contributed by atoms with E-state index in [0.29, 0.717) is 6.42 Å². The zero-order chi connectivity index (χ0) is 13.5. The Morgan fingerprint density at radius 3 is 2.89 bits per heavy atom. The van der Waals surface area contributed by atoms with Crippen LogP contribution in [0.15, 0.2) is 22.7 Å². The number of piperidine rings is 1. The lowest BCUT2D eigenvalue weighted by Gasteiger charge is -2.23. The molecule has 1 atom stereocenters. The maximum absolute atomic E-state index is 13.2. The van der Waals surface area contributed by atoms with Gasteiger partial charge in [-0.15, -0.1) is 0 Å². The number of nitrogens with one attached hydrogen (secondary N) is 1. The van der Waals surface area contributed by atoms with Gasteiger partial charge in [-0.05, 0) is 61.5 Å². The lowest BCUT2D eigenvalue weighted by molar-refractivity contribution is -0.120. The molecule has 1 saturated carbocycles. The van der Waals surface area contributed by atoms with Crippen LogP contribution >= 0.6 is 15.9 Å². The van der Waals surface area contributed by atoms with E-state index < -0.39 is 0 Å². The average molecular weight is 326 g/mol. The summed E-state index contributed by atoms with van der Waals surface area (Å²) < 4.78 is 14.0. The van der Waals surface area contributed by atoms with Gasteiger partial charge in [0, 0.05) is 16.8 Å². The summed E-state index contributed by atoms with van der Waals surface area (Å²) in [6.07, 6.45) is 3.58. The van der Waals surface area contributed by atoms with E-state index in [2.05, 4.69) is 21.2 Å². The van der Waals surface area contributed by atoms with Gasteiger partial charge in [0.2, 0.25) is 0 Å². The van der Waals surface area contributed by atoms with E-state index in [9.17, 15) is 9.18 Å². The number of carbonyl (C=O) groups is 1. The molecule has 3 rings (SSSR count). The molecule has 1 aliphatic carbocycles. The second-order valence-corrected chi connectivity index (χ2v) is 6.60. The predicted molar refractivity (Wildman–Crippen MR) is 75.5 cm³/mol. The third-order valence-electron chi connectivity index (χ3n) is 4.55. The molecule has 2 nitrogen and oxygen atoms in total. The fourth-order valence-corrected chi connectivity index (χ4v) is 3.66. The number of hydrogen-bond donors (Lipinski definition) is 1. The van der Waals surface area contributed by atoms with Crippen LogP contribution in [0.1, 0.15) is 24.8 Å². The molecule has 102 valence electrons. The summed E-state index contributed by atoms with van der Waals surface area (Å²) in [5.74, 6) is 0.191. The topological polar surface area (TPSA) is 29.1 Å². The number of halogens is 2. The van der Waals surface area contributed by atoms with Crippen LogP contribution in [0.2, 0.25) is 0 Å². The maximum Gasteiger partial charge on any atom is 0.140 e. The summed E-state index contributed by atoms with van der Waals surface area (Å²) in [6, 6.07) is 4.54. The average Bonchev–Trinajstić information content (AvgIpc) is 3.08. The Morgan fingerprint density at radius 1 is 1.42 bits per heavy atom. The minimum absolute atomic E-state index is 0.199. The van der Waals surface area contributed by atoms with Gasteiger partial charge in [0.15, 0.2) is 0 Å². The molecular formula is C15H17BrFNO. The fraction of sp³-hybridized carbons (Fsp3) is 0.533. The molecule has 1 aromatic rings. The van der Waals surface area contributed by atoms with Crippen molar-refractivity contribution in [3.05, 3.63) is 34.1 Å². The number of ketones is 1. The third kappa shape index (κ3) is 2.61. The van der Waals surface area contributed by atoms with Crippen molar-refractivity contribution in [1.82, 2.24) is 5.32 Å².